The van der Waals surface area contributed by atoms with E-state index >= 15 is 0 Å². The van der Waals surface area contributed by atoms with E-state index in [1.54, 1.807) is 14.9 Å². The molecule has 0 fully saturated rings. The minimum Gasteiger partial charge on any atom is -0.478 e. The van der Waals surface area contributed by atoms with E-state index in [1.807, 2.05) is 30.3 Å². The van der Waals surface area contributed by atoms with Gasteiger partial charge in [0, 0.05) is 6.08 Å². The Morgan fingerprint density at radius 1 is 1.10 bits per heavy atom. The van der Waals surface area contributed by atoms with Crippen molar-refractivity contribution in [3.63, 3.8) is 0 Å². The van der Waals surface area contributed by atoms with E-state index in [1.165, 1.54) is 25.7 Å². The SMILES string of the molecule is CCC[CH2][Sn][CH2]CCC.O=C(O)/C=C/c1ccccc1. The summed E-state index contributed by atoms with van der Waals surface area (Å²) in [5.41, 5.74) is 0.898. The first-order chi connectivity index (χ1) is 9.70. The third kappa shape index (κ3) is 13.7. The second kappa shape index (κ2) is 14.6. The number of benzene rings is 1. The zero-order valence-electron chi connectivity index (χ0n) is 12.6. The number of aliphatic carboxylic acids is 1. The molecule has 20 heavy (non-hydrogen) atoms. The van der Waals surface area contributed by atoms with E-state index in [0.717, 1.165) is 11.6 Å². The van der Waals surface area contributed by atoms with Crippen molar-refractivity contribution in [1.29, 1.82) is 0 Å². The van der Waals surface area contributed by atoms with Gasteiger partial charge in [0.1, 0.15) is 0 Å². The Morgan fingerprint density at radius 3 is 2.10 bits per heavy atom. The molecule has 0 atom stereocenters. The van der Waals surface area contributed by atoms with Crippen molar-refractivity contribution in [3.8, 4) is 0 Å². The molecule has 0 aromatic heterocycles. The van der Waals surface area contributed by atoms with Gasteiger partial charge in [0.05, 0.1) is 0 Å². The van der Waals surface area contributed by atoms with Crippen LogP contribution in [0.25, 0.3) is 6.08 Å². The van der Waals surface area contributed by atoms with Gasteiger partial charge in [-0.1, -0.05) is 30.3 Å². The van der Waals surface area contributed by atoms with Crippen LogP contribution in [0.1, 0.15) is 45.1 Å². The van der Waals surface area contributed by atoms with Crippen molar-refractivity contribution in [1.82, 2.24) is 0 Å². The second-order valence-corrected chi connectivity index (χ2v) is 8.82. The maximum Gasteiger partial charge on any atom is 0.328 e. The summed E-state index contributed by atoms with van der Waals surface area (Å²) in [5.74, 6) is -0.922. The monoisotopic (exact) mass is 382 g/mol. The smallest absolute Gasteiger partial charge is 0.328 e. The average molecular weight is 381 g/mol. The Hall–Kier alpha value is -0.771. The van der Waals surface area contributed by atoms with Gasteiger partial charge in [-0.2, -0.15) is 0 Å². The zero-order chi connectivity index (χ0) is 15.1. The molecule has 1 aromatic carbocycles. The van der Waals surface area contributed by atoms with Crippen LogP contribution in [0.5, 0.6) is 0 Å². The molecule has 0 amide bonds. The van der Waals surface area contributed by atoms with Gasteiger partial charge in [0.25, 0.3) is 0 Å². The number of carboxylic acid groups (broad SMARTS) is 1. The minimum atomic E-state index is -0.922. The van der Waals surface area contributed by atoms with Gasteiger partial charge in [-0.15, -0.1) is 0 Å². The predicted octanol–water partition coefficient (Wildman–Crippen LogP) is 4.91. The quantitative estimate of drug-likeness (QED) is 0.395. The van der Waals surface area contributed by atoms with Crippen LogP contribution in [-0.2, 0) is 4.79 Å². The molecule has 0 aliphatic rings. The van der Waals surface area contributed by atoms with Crippen LogP contribution in [0.15, 0.2) is 36.4 Å². The largest absolute Gasteiger partial charge is 0.478 e. The Bertz CT molecular complexity index is 355. The van der Waals surface area contributed by atoms with Crippen LogP contribution in [0, 0.1) is 0 Å². The Balaban J connectivity index is 0.000000370. The first kappa shape index (κ1) is 19.2. The molecule has 0 bridgehead atoms. The number of carboxylic acids is 1. The maximum atomic E-state index is 10.1. The molecular formula is C17H26O2Sn. The molecule has 0 saturated carbocycles. The number of rotatable bonds is 8. The van der Waals surface area contributed by atoms with Gasteiger partial charge in [0.15, 0.2) is 0 Å². The molecule has 0 aliphatic carbocycles. The molecule has 0 saturated heterocycles. The van der Waals surface area contributed by atoms with E-state index in [2.05, 4.69) is 13.8 Å². The molecule has 0 unspecified atom stereocenters. The molecule has 110 valence electrons. The normalized spacial score (nSPS) is 10.1. The molecule has 0 aliphatic heterocycles. The zero-order valence-corrected chi connectivity index (χ0v) is 15.5. The Kier molecular flexibility index (Phi) is 14.1. The van der Waals surface area contributed by atoms with Crippen LogP contribution in [0.3, 0.4) is 0 Å². The fourth-order valence-electron chi connectivity index (χ4n) is 1.46. The summed E-state index contributed by atoms with van der Waals surface area (Å²) < 4.78 is 3.25. The van der Waals surface area contributed by atoms with Gasteiger partial charge >= 0.3 is 75.5 Å². The molecule has 1 aromatic rings. The van der Waals surface area contributed by atoms with E-state index in [-0.39, 0.29) is 21.1 Å². The van der Waals surface area contributed by atoms with Gasteiger partial charge in [-0.25, -0.2) is 4.79 Å². The molecule has 1 N–H and O–H groups in total. The van der Waals surface area contributed by atoms with Crippen LogP contribution in [0.2, 0.25) is 8.87 Å². The van der Waals surface area contributed by atoms with E-state index in [9.17, 15) is 4.79 Å². The molecule has 0 heterocycles. The molecule has 2 radical (unpaired) electrons. The third-order valence-corrected chi connectivity index (χ3v) is 6.67. The van der Waals surface area contributed by atoms with Gasteiger partial charge in [-0.3, -0.25) is 0 Å². The molecule has 2 nitrogen and oxygen atoms in total. The van der Waals surface area contributed by atoms with E-state index in [4.69, 9.17) is 5.11 Å². The summed E-state index contributed by atoms with van der Waals surface area (Å²) in [6, 6.07) is 9.31. The van der Waals surface area contributed by atoms with Crippen molar-refractivity contribution in [2.45, 2.75) is 48.4 Å². The number of unbranched alkanes of at least 4 members (excludes halogenated alkanes) is 2. The van der Waals surface area contributed by atoms with Crippen LogP contribution >= 0.6 is 0 Å². The van der Waals surface area contributed by atoms with Crippen molar-refractivity contribution < 1.29 is 9.90 Å². The third-order valence-electron chi connectivity index (χ3n) is 2.63. The first-order valence-corrected chi connectivity index (χ1v) is 11.4. The second-order valence-electron chi connectivity index (χ2n) is 4.54. The maximum absolute atomic E-state index is 10.1. The average Bonchev–Trinajstić information content (AvgIpc) is 2.47. The summed E-state index contributed by atoms with van der Waals surface area (Å²) >= 11 is 0.149. The van der Waals surface area contributed by atoms with Crippen LogP contribution in [0.4, 0.5) is 0 Å². The summed E-state index contributed by atoms with van der Waals surface area (Å²) in [7, 11) is 0. The van der Waals surface area contributed by atoms with Gasteiger partial charge in [-0.05, 0) is 11.6 Å². The van der Waals surface area contributed by atoms with Gasteiger partial charge < -0.3 is 5.11 Å². The minimum absolute atomic E-state index is 0.149. The van der Waals surface area contributed by atoms with Crippen molar-refractivity contribution >= 4 is 33.2 Å². The van der Waals surface area contributed by atoms with Gasteiger partial charge in [0.2, 0.25) is 0 Å². The predicted molar refractivity (Wildman–Crippen MR) is 88.3 cm³/mol. The first-order valence-electron chi connectivity index (χ1n) is 7.37. The Labute approximate surface area is 133 Å². The van der Waals surface area contributed by atoms with Crippen molar-refractivity contribution in [2.24, 2.45) is 0 Å². The van der Waals surface area contributed by atoms with E-state index in [0.29, 0.717) is 0 Å². The van der Waals surface area contributed by atoms with Crippen molar-refractivity contribution in [2.75, 3.05) is 0 Å². The number of carbonyl (C=O) groups is 1. The standard InChI is InChI=1S/C9H8O2.2C4H9.Sn/c10-9(11)7-6-8-4-2-1-3-5-8;2*1-3-4-2;/h1-7H,(H,10,11);2*1,3-4H2,2H3;/b7-6+;;;. The summed E-state index contributed by atoms with van der Waals surface area (Å²) in [6.45, 7) is 4.58. The van der Waals surface area contributed by atoms with Crippen LogP contribution < -0.4 is 0 Å². The molecule has 3 heteroatoms. The Morgan fingerprint density at radius 2 is 1.65 bits per heavy atom. The summed E-state index contributed by atoms with van der Waals surface area (Å²) in [5, 5.41) is 8.29. The van der Waals surface area contributed by atoms with Crippen LogP contribution in [-0.4, -0.2) is 32.2 Å². The number of hydrogen-bond acceptors (Lipinski definition) is 1. The molecular weight excluding hydrogens is 355 g/mol. The molecule has 1 rings (SSSR count). The topological polar surface area (TPSA) is 37.3 Å². The number of hydrogen-bond donors (Lipinski definition) is 1. The summed E-state index contributed by atoms with van der Waals surface area (Å²) in [4.78, 5) is 10.1. The fraction of sp³-hybridized carbons (Fsp3) is 0.471. The molecule has 0 spiro atoms. The summed E-state index contributed by atoms with van der Waals surface area (Å²) in [6.07, 6.45) is 8.52. The van der Waals surface area contributed by atoms with Crippen molar-refractivity contribution in [3.05, 3.63) is 42.0 Å². The van der Waals surface area contributed by atoms with E-state index < -0.39 is 5.97 Å². The fourth-order valence-corrected chi connectivity index (χ4v) is 5.62.